The van der Waals surface area contributed by atoms with Crippen LogP contribution in [0, 0.1) is 17.7 Å². The normalized spacial score (nSPS) is 25.3. The van der Waals surface area contributed by atoms with Crippen LogP contribution in [0.5, 0.6) is 0 Å². The lowest BCUT2D eigenvalue weighted by molar-refractivity contribution is -0.144. The number of piperazine rings is 1. The van der Waals surface area contributed by atoms with Gasteiger partial charge in [0.25, 0.3) is 0 Å². The minimum absolute atomic E-state index is 0.0260. The summed E-state index contributed by atoms with van der Waals surface area (Å²) in [4.78, 5) is 81.5. The summed E-state index contributed by atoms with van der Waals surface area (Å²) >= 11 is 0. The van der Waals surface area contributed by atoms with Crippen molar-refractivity contribution in [1.29, 1.82) is 0 Å². The molecule has 6 heterocycles. The van der Waals surface area contributed by atoms with Crippen LogP contribution >= 0.6 is 0 Å². The Hall–Kier alpha value is -5.89. The second kappa shape index (κ2) is 22.5. The largest absolute Gasteiger partial charge is 0.462 e. The average molecular weight is 969 g/mol. The second-order valence-corrected chi connectivity index (χ2v) is 19.9. The fourth-order valence-corrected chi connectivity index (χ4v) is 11.3. The number of carbonyl (C=O) groups is 5. The number of nitrogens with zero attached hydrogens (tertiary/aromatic N) is 8. The number of aryl methyl sites for hydroxylation is 1. The van der Waals surface area contributed by atoms with E-state index in [1.807, 2.05) is 23.0 Å². The van der Waals surface area contributed by atoms with Crippen LogP contribution in [0.3, 0.4) is 0 Å². The first-order chi connectivity index (χ1) is 34.0. The number of imide groups is 1. The van der Waals surface area contributed by atoms with Crippen molar-refractivity contribution in [1.82, 2.24) is 39.8 Å². The van der Waals surface area contributed by atoms with Crippen LogP contribution in [-0.2, 0) is 35.7 Å². The first kappa shape index (κ1) is 49.1. The van der Waals surface area contributed by atoms with Crippen LogP contribution in [0.2, 0.25) is 0 Å². The number of likely N-dealkylation sites (tertiary alicyclic amines) is 1. The van der Waals surface area contributed by atoms with Gasteiger partial charge in [0, 0.05) is 108 Å². The van der Waals surface area contributed by atoms with Gasteiger partial charge in [-0.2, -0.15) is 10.1 Å². The Kier molecular flexibility index (Phi) is 15.8. The number of amides is 4. The van der Waals surface area contributed by atoms with Crippen LogP contribution in [-0.4, -0.2) is 153 Å². The van der Waals surface area contributed by atoms with Crippen molar-refractivity contribution in [3.63, 3.8) is 0 Å². The van der Waals surface area contributed by atoms with Gasteiger partial charge in [-0.05, 0) is 109 Å². The Morgan fingerprint density at radius 2 is 1.43 bits per heavy atom. The number of esters is 1. The number of piperidine rings is 3. The van der Waals surface area contributed by atoms with Crippen molar-refractivity contribution in [2.24, 2.45) is 18.9 Å². The monoisotopic (exact) mass is 969 g/mol. The number of anilines is 5. The molecule has 6 aliphatic rings. The fraction of sp³-hybridized carbons (Fsp3) is 0.640. The molecule has 70 heavy (non-hydrogen) atoms. The molecule has 4 amide bonds. The van der Waals surface area contributed by atoms with E-state index in [0.717, 1.165) is 109 Å². The number of aromatic nitrogens is 4. The molecule has 1 atom stereocenters. The summed E-state index contributed by atoms with van der Waals surface area (Å²) in [6, 6.07) is 4.94. The van der Waals surface area contributed by atoms with Gasteiger partial charge in [0.05, 0.1) is 36.4 Å². The molecule has 378 valence electrons. The maximum atomic E-state index is 15.2. The van der Waals surface area contributed by atoms with E-state index in [1.54, 1.807) is 29.9 Å². The minimum atomic E-state index is -0.569. The zero-order chi connectivity index (χ0) is 48.7. The molecule has 2 saturated carbocycles. The van der Waals surface area contributed by atoms with Gasteiger partial charge in [-0.15, -0.1) is 0 Å². The lowest BCUT2D eigenvalue weighted by atomic mass is 9.80. The van der Waals surface area contributed by atoms with Crippen LogP contribution in [0.15, 0.2) is 36.8 Å². The zero-order valence-corrected chi connectivity index (χ0v) is 40.6. The Labute approximate surface area is 408 Å². The van der Waals surface area contributed by atoms with Gasteiger partial charge in [-0.25, -0.2) is 14.2 Å². The molecule has 0 bridgehead atoms. The van der Waals surface area contributed by atoms with E-state index in [-0.39, 0.29) is 66.7 Å². The van der Waals surface area contributed by atoms with Crippen molar-refractivity contribution in [3.05, 3.63) is 48.2 Å². The summed E-state index contributed by atoms with van der Waals surface area (Å²) in [6.07, 6.45) is 15.9. The molecular weight excluding hydrogens is 900 g/mol. The van der Waals surface area contributed by atoms with Crippen LogP contribution in [0.4, 0.5) is 33.2 Å². The van der Waals surface area contributed by atoms with Crippen molar-refractivity contribution in [2.45, 2.75) is 127 Å². The first-order valence-electron chi connectivity index (χ1n) is 25.6. The Morgan fingerprint density at radius 3 is 2.04 bits per heavy atom. The smallest absolute Gasteiger partial charge is 0.343 e. The zero-order valence-electron chi connectivity index (χ0n) is 40.6. The number of nitrogens with one attached hydrogen (secondary N) is 4. The van der Waals surface area contributed by atoms with Crippen LogP contribution in [0.1, 0.15) is 107 Å². The average Bonchev–Trinajstić information content (AvgIpc) is 3.79. The molecule has 0 radical (unpaired) electrons. The van der Waals surface area contributed by atoms with Gasteiger partial charge in [0.1, 0.15) is 23.2 Å². The molecule has 20 heteroatoms. The molecule has 4 saturated heterocycles. The van der Waals surface area contributed by atoms with Crippen molar-refractivity contribution in [3.8, 4) is 0 Å². The quantitative estimate of drug-likeness (QED) is 0.126. The fourth-order valence-electron chi connectivity index (χ4n) is 11.3. The van der Waals surface area contributed by atoms with E-state index >= 15 is 4.39 Å². The molecule has 6 fully saturated rings. The van der Waals surface area contributed by atoms with Gasteiger partial charge >= 0.3 is 5.97 Å². The van der Waals surface area contributed by atoms with E-state index in [4.69, 9.17) is 9.47 Å². The van der Waals surface area contributed by atoms with Crippen molar-refractivity contribution < 1.29 is 37.8 Å². The predicted molar refractivity (Wildman–Crippen MR) is 260 cm³/mol. The van der Waals surface area contributed by atoms with E-state index in [0.29, 0.717) is 67.3 Å². The first-order valence-corrected chi connectivity index (χ1v) is 25.6. The SMILES string of the molecule is CCOC(=O)c1cnc(Nc2cnn(C)c2)nc1NC1CCC(N2CCN(C(=O)C3CCC(C(=O)N4CCC(OC5CCN(c6ccc(NC7CCC(=O)NC7=O)cc6F)CC5)CC4)CC3)CC2)CC1. The number of hydrogen-bond acceptors (Lipinski definition) is 15. The lowest BCUT2D eigenvalue weighted by Crippen LogP contribution is -2.54. The molecule has 2 aromatic heterocycles. The molecule has 2 aliphatic carbocycles. The summed E-state index contributed by atoms with van der Waals surface area (Å²) in [7, 11) is 1.83. The van der Waals surface area contributed by atoms with Crippen molar-refractivity contribution in [2.75, 3.05) is 79.8 Å². The molecule has 1 unspecified atom stereocenters. The van der Waals surface area contributed by atoms with Gasteiger partial charge in [-0.1, -0.05) is 0 Å². The van der Waals surface area contributed by atoms with Gasteiger partial charge in [-0.3, -0.25) is 34.1 Å². The molecular formula is C50H69FN12O7. The summed E-state index contributed by atoms with van der Waals surface area (Å²) in [5.41, 5.74) is 2.08. The number of hydrogen-bond donors (Lipinski definition) is 4. The Morgan fingerprint density at radius 1 is 0.771 bits per heavy atom. The molecule has 4 N–H and O–H groups in total. The summed E-state index contributed by atoms with van der Waals surface area (Å²) in [5.74, 6) is -0.282. The standard InChI is InChI=1S/C50H69FN12O7/c1-3-69-49(68)40-30-52-50(56-36-29-53-59(2)31-36)58-45(40)55-34-8-11-37(12-9-34)60-24-26-63(27-25-60)48(67)33-6-4-32(5-7-33)47(66)62-22-18-39(19-23-62)70-38-16-20-61(21-17-38)43-14-10-35(28-41(43)51)54-42-13-15-44(64)57-46(42)65/h10,14,28-34,37-39,42,54H,3-9,11-13,15-27H2,1-2H3,(H,57,64,65)(H2,52,55,56,58). The highest BCUT2D eigenvalue weighted by atomic mass is 19.1. The lowest BCUT2D eigenvalue weighted by Gasteiger charge is -2.43. The Bertz CT molecular complexity index is 2330. The minimum Gasteiger partial charge on any atom is -0.462 e. The third-order valence-corrected chi connectivity index (χ3v) is 15.3. The molecule has 9 rings (SSSR count). The van der Waals surface area contributed by atoms with E-state index in [1.165, 1.54) is 12.3 Å². The molecule has 3 aromatic rings. The predicted octanol–water partition coefficient (Wildman–Crippen LogP) is 4.84. The van der Waals surface area contributed by atoms with Crippen LogP contribution in [0.25, 0.3) is 0 Å². The van der Waals surface area contributed by atoms with E-state index < -0.39 is 17.9 Å². The number of rotatable bonds is 14. The van der Waals surface area contributed by atoms with Crippen LogP contribution < -0.4 is 26.2 Å². The maximum Gasteiger partial charge on any atom is 0.343 e. The molecule has 4 aliphatic heterocycles. The van der Waals surface area contributed by atoms with Crippen molar-refractivity contribution >= 4 is 58.4 Å². The van der Waals surface area contributed by atoms with Gasteiger partial charge in [0.2, 0.25) is 29.6 Å². The number of ether oxygens (including phenoxy) is 2. The summed E-state index contributed by atoms with van der Waals surface area (Å²) in [6.45, 7) is 7.89. The van der Waals surface area contributed by atoms with E-state index in [2.05, 4.69) is 46.1 Å². The Balaban J connectivity index is 0.651. The van der Waals surface area contributed by atoms with E-state index in [9.17, 15) is 24.0 Å². The third kappa shape index (κ3) is 12.0. The highest BCUT2D eigenvalue weighted by Crippen LogP contribution is 2.34. The molecule has 0 spiro atoms. The number of halogens is 1. The summed E-state index contributed by atoms with van der Waals surface area (Å²) < 4.78 is 28.8. The number of benzene rings is 1. The highest BCUT2D eigenvalue weighted by Gasteiger charge is 2.38. The van der Waals surface area contributed by atoms with Gasteiger partial charge < -0.3 is 40.1 Å². The molecule has 1 aromatic carbocycles. The summed E-state index contributed by atoms with van der Waals surface area (Å²) in [5, 5.41) is 16.2. The highest BCUT2D eigenvalue weighted by molar-refractivity contribution is 6.01. The maximum absolute atomic E-state index is 15.2. The molecule has 19 nitrogen and oxygen atoms in total. The second-order valence-electron chi connectivity index (χ2n) is 19.9. The number of carbonyl (C=O) groups excluding carboxylic acids is 5. The van der Waals surface area contributed by atoms with Gasteiger partial charge in [0.15, 0.2) is 0 Å². The third-order valence-electron chi connectivity index (χ3n) is 15.3. The topological polar surface area (TPSA) is 208 Å².